The molecule has 1 aromatic carbocycles. The zero-order valence-electron chi connectivity index (χ0n) is 11.4. The fraction of sp³-hybridized carbons (Fsp3) is 0.154. The summed E-state index contributed by atoms with van der Waals surface area (Å²) in [5, 5.41) is 21.5. The number of carbonyl (C=O) groups is 1. The van der Waals surface area contributed by atoms with Gasteiger partial charge in [0.05, 0.1) is 18.0 Å². The van der Waals surface area contributed by atoms with Crippen molar-refractivity contribution in [1.82, 2.24) is 24.8 Å². The van der Waals surface area contributed by atoms with Crippen LogP contribution in [0, 0.1) is 0 Å². The average molecular weight is 320 g/mol. The van der Waals surface area contributed by atoms with Crippen molar-refractivity contribution in [3.63, 3.8) is 0 Å². The summed E-state index contributed by atoms with van der Waals surface area (Å²) in [5.74, 6) is -0.750. The number of nitrogens with zero attached hydrogens (tertiary/aromatic N) is 5. The Morgan fingerprint density at radius 3 is 2.91 bits per heavy atom. The Balaban J connectivity index is 2.25. The maximum absolute atomic E-state index is 12.6. The number of benzene rings is 1. The highest BCUT2D eigenvalue weighted by atomic mass is 35.5. The largest absolute Gasteiger partial charge is 0.481 e. The van der Waals surface area contributed by atoms with Gasteiger partial charge >= 0.3 is 5.97 Å². The summed E-state index contributed by atoms with van der Waals surface area (Å²) in [4.78, 5) is 23.5. The molecule has 0 unspecified atom stereocenters. The first-order chi connectivity index (χ1) is 10.5. The van der Waals surface area contributed by atoms with Crippen molar-refractivity contribution in [3.05, 3.63) is 45.3 Å². The van der Waals surface area contributed by atoms with Crippen LogP contribution >= 0.6 is 11.6 Å². The van der Waals surface area contributed by atoms with Crippen LogP contribution in [0.25, 0.3) is 16.7 Å². The van der Waals surface area contributed by atoms with Gasteiger partial charge < -0.3 is 5.11 Å². The predicted octanol–water partition coefficient (Wildman–Crippen LogP) is 0.795. The average Bonchev–Trinajstić information content (AvgIpc) is 2.80. The number of hydrogen-bond acceptors (Lipinski definition) is 5. The van der Waals surface area contributed by atoms with Gasteiger partial charge in [-0.15, -0.1) is 5.10 Å². The van der Waals surface area contributed by atoms with Gasteiger partial charge in [0.2, 0.25) is 0 Å². The molecule has 3 aromatic rings. The normalized spacial score (nSPS) is 11.0. The molecular formula is C13H10ClN5O3. The quantitative estimate of drug-likeness (QED) is 0.765. The molecule has 0 aliphatic carbocycles. The van der Waals surface area contributed by atoms with Crippen LogP contribution in [0.2, 0.25) is 5.02 Å². The molecular weight excluding hydrogens is 310 g/mol. The van der Waals surface area contributed by atoms with E-state index in [0.717, 1.165) is 4.68 Å². The number of hydrogen-bond donors (Lipinski definition) is 1. The number of aliphatic carboxylic acids is 1. The minimum atomic E-state index is -1.03. The van der Waals surface area contributed by atoms with E-state index in [0.29, 0.717) is 21.5 Å². The first-order valence-corrected chi connectivity index (χ1v) is 6.63. The lowest BCUT2D eigenvalue weighted by Gasteiger charge is -2.07. The van der Waals surface area contributed by atoms with Gasteiger partial charge in [0.25, 0.3) is 5.56 Å². The van der Waals surface area contributed by atoms with E-state index in [9.17, 15) is 9.59 Å². The molecule has 0 saturated carbocycles. The minimum absolute atomic E-state index is 0.268. The van der Waals surface area contributed by atoms with Crippen molar-refractivity contribution in [2.45, 2.75) is 6.42 Å². The molecule has 9 heteroatoms. The van der Waals surface area contributed by atoms with Crippen LogP contribution < -0.4 is 5.56 Å². The number of aryl methyl sites for hydroxylation is 1. The van der Waals surface area contributed by atoms with Gasteiger partial charge in [-0.2, -0.15) is 9.78 Å². The fourth-order valence-electron chi connectivity index (χ4n) is 2.19. The third kappa shape index (κ3) is 2.33. The second-order valence-electron chi connectivity index (χ2n) is 4.66. The minimum Gasteiger partial charge on any atom is -0.481 e. The predicted molar refractivity (Wildman–Crippen MR) is 78.3 cm³/mol. The van der Waals surface area contributed by atoms with E-state index in [1.807, 2.05) is 0 Å². The molecule has 2 aromatic heterocycles. The number of carboxylic acids is 1. The van der Waals surface area contributed by atoms with Crippen molar-refractivity contribution in [3.8, 4) is 5.82 Å². The van der Waals surface area contributed by atoms with E-state index in [1.165, 1.54) is 16.9 Å². The van der Waals surface area contributed by atoms with Crippen LogP contribution in [0.1, 0.15) is 5.56 Å². The van der Waals surface area contributed by atoms with Crippen LogP contribution in [-0.2, 0) is 18.3 Å². The van der Waals surface area contributed by atoms with Crippen molar-refractivity contribution < 1.29 is 9.90 Å². The summed E-state index contributed by atoms with van der Waals surface area (Å²) in [6.07, 6.45) is 1.12. The van der Waals surface area contributed by atoms with Crippen LogP contribution in [0.15, 0.2) is 29.2 Å². The molecule has 0 saturated heterocycles. The first-order valence-electron chi connectivity index (χ1n) is 6.25. The highest BCUT2D eigenvalue weighted by molar-refractivity contribution is 6.31. The van der Waals surface area contributed by atoms with Crippen LogP contribution in [0.3, 0.4) is 0 Å². The Bertz CT molecular complexity index is 946. The standard InChI is InChI=1S/C13H10ClN5O3/c1-18-12(7(6-15-18)4-11(20)21)19-13(22)9-3-2-8(14)5-10(9)16-17-19/h2-3,5-6H,4H2,1H3,(H,20,21). The van der Waals surface area contributed by atoms with Gasteiger partial charge in [0, 0.05) is 17.6 Å². The van der Waals surface area contributed by atoms with E-state index in [1.54, 1.807) is 19.2 Å². The van der Waals surface area contributed by atoms with Gasteiger partial charge in [-0.05, 0) is 18.2 Å². The monoisotopic (exact) mass is 319 g/mol. The summed E-state index contributed by atoms with van der Waals surface area (Å²) < 4.78 is 2.43. The van der Waals surface area contributed by atoms with Crippen LogP contribution in [-0.4, -0.2) is 35.9 Å². The van der Waals surface area contributed by atoms with E-state index in [4.69, 9.17) is 16.7 Å². The van der Waals surface area contributed by atoms with Gasteiger partial charge in [0.15, 0.2) is 5.82 Å². The Kier molecular flexibility index (Phi) is 3.38. The lowest BCUT2D eigenvalue weighted by Crippen LogP contribution is -2.26. The highest BCUT2D eigenvalue weighted by Crippen LogP contribution is 2.16. The maximum Gasteiger partial charge on any atom is 0.308 e. The van der Waals surface area contributed by atoms with E-state index in [-0.39, 0.29) is 12.2 Å². The Labute approximate surface area is 128 Å². The van der Waals surface area contributed by atoms with Crippen LogP contribution in [0.5, 0.6) is 0 Å². The highest BCUT2D eigenvalue weighted by Gasteiger charge is 2.17. The maximum atomic E-state index is 12.6. The summed E-state index contributed by atoms with van der Waals surface area (Å²) >= 11 is 5.86. The van der Waals surface area contributed by atoms with E-state index >= 15 is 0 Å². The van der Waals surface area contributed by atoms with Crippen molar-refractivity contribution in [2.75, 3.05) is 0 Å². The molecule has 22 heavy (non-hydrogen) atoms. The second kappa shape index (κ2) is 5.23. The smallest absolute Gasteiger partial charge is 0.308 e. The first kappa shape index (κ1) is 14.2. The summed E-state index contributed by atoms with van der Waals surface area (Å²) in [5.41, 5.74) is 0.326. The van der Waals surface area contributed by atoms with Gasteiger partial charge in [0.1, 0.15) is 5.52 Å². The summed E-state index contributed by atoms with van der Waals surface area (Å²) in [6, 6.07) is 4.67. The third-order valence-electron chi connectivity index (χ3n) is 3.15. The summed E-state index contributed by atoms with van der Waals surface area (Å²) in [6.45, 7) is 0. The molecule has 0 fully saturated rings. The SMILES string of the molecule is Cn1ncc(CC(=O)O)c1-n1nnc2cc(Cl)ccc2c1=O. The van der Waals surface area contributed by atoms with Gasteiger partial charge in [-0.3, -0.25) is 14.3 Å². The Hall–Kier alpha value is -2.74. The third-order valence-corrected chi connectivity index (χ3v) is 3.38. The van der Waals surface area contributed by atoms with Crippen LogP contribution in [0.4, 0.5) is 0 Å². The number of rotatable bonds is 3. The lowest BCUT2D eigenvalue weighted by atomic mass is 10.2. The zero-order chi connectivity index (χ0) is 15.9. The molecule has 0 atom stereocenters. The molecule has 8 nitrogen and oxygen atoms in total. The van der Waals surface area contributed by atoms with Crippen molar-refractivity contribution >= 4 is 28.5 Å². The van der Waals surface area contributed by atoms with Crippen molar-refractivity contribution in [1.29, 1.82) is 0 Å². The molecule has 3 rings (SSSR count). The number of carboxylic acid groups (broad SMARTS) is 1. The summed E-state index contributed by atoms with van der Waals surface area (Å²) in [7, 11) is 1.60. The van der Waals surface area contributed by atoms with E-state index in [2.05, 4.69) is 15.4 Å². The molecule has 0 bridgehead atoms. The Morgan fingerprint density at radius 2 is 2.18 bits per heavy atom. The van der Waals surface area contributed by atoms with Crippen molar-refractivity contribution in [2.24, 2.45) is 7.05 Å². The van der Waals surface area contributed by atoms with E-state index < -0.39 is 11.5 Å². The number of fused-ring (bicyclic) bond motifs is 1. The number of aromatic nitrogens is 5. The molecule has 0 aliphatic rings. The lowest BCUT2D eigenvalue weighted by molar-refractivity contribution is -0.136. The van der Waals surface area contributed by atoms with Gasteiger partial charge in [-0.1, -0.05) is 16.8 Å². The second-order valence-corrected chi connectivity index (χ2v) is 5.09. The molecule has 0 radical (unpaired) electrons. The molecule has 0 amide bonds. The molecule has 112 valence electrons. The fourth-order valence-corrected chi connectivity index (χ4v) is 2.36. The number of halogens is 1. The molecule has 0 spiro atoms. The Morgan fingerprint density at radius 1 is 1.41 bits per heavy atom. The topological polar surface area (TPSA) is 103 Å². The zero-order valence-corrected chi connectivity index (χ0v) is 12.2. The molecule has 2 heterocycles. The molecule has 0 aliphatic heterocycles. The van der Waals surface area contributed by atoms with Gasteiger partial charge in [-0.25, -0.2) is 0 Å². The molecule has 1 N–H and O–H groups in total.